The van der Waals surface area contributed by atoms with Crippen LogP contribution >= 0.6 is 0 Å². The van der Waals surface area contributed by atoms with Gasteiger partial charge in [0.05, 0.1) is 17.3 Å². The predicted molar refractivity (Wildman–Crippen MR) is 109 cm³/mol. The van der Waals surface area contributed by atoms with Gasteiger partial charge in [-0.15, -0.1) is 0 Å². The van der Waals surface area contributed by atoms with Gasteiger partial charge in [-0.2, -0.15) is 0 Å². The van der Waals surface area contributed by atoms with Gasteiger partial charge in [-0.3, -0.25) is 19.0 Å². The number of carbonyl (C=O) groups is 2. The molecule has 1 amide bonds. The molecule has 1 aromatic heterocycles. The van der Waals surface area contributed by atoms with Gasteiger partial charge in [-0.25, -0.2) is 4.98 Å². The number of nitrogens with zero attached hydrogens (tertiary/aromatic N) is 2. The predicted octanol–water partition coefficient (Wildman–Crippen LogP) is 3.00. The Morgan fingerprint density at radius 2 is 1.86 bits per heavy atom. The van der Waals surface area contributed by atoms with E-state index in [0.717, 1.165) is 31.5 Å². The summed E-state index contributed by atoms with van der Waals surface area (Å²) in [6, 6.07) is 11.6. The summed E-state index contributed by atoms with van der Waals surface area (Å²) in [5.41, 5.74) is 2.13. The highest BCUT2D eigenvalue weighted by Gasteiger charge is 2.15. The molecule has 0 saturated carbocycles. The van der Waals surface area contributed by atoms with Gasteiger partial charge in [0, 0.05) is 24.2 Å². The number of aliphatic carboxylic acids is 1. The highest BCUT2D eigenvalue weighted by molar-refractivity contribution is 6.06. The molecule has 29 heavy (non-hydrogen) atoms. The van der Waals surface area contributed by atoms with E-state index in [4.69, 9.17) is 5.11 Å². The number of benzene rings is 2. The highest BCUT2D eigenvalue weighted by atomic mass is 16.4. The van der Waals surface area contributed by atoms with Crippen LogP contribution in [0.2, 0.25) is 0 Å². The SMILES string of the molecule is O=C(O)Cc1ccc(NC(=O)c2ccc3c(=O)n4c(nc3c2)CCCCC4)cc1. The molecule has 0 fully saturated rings. The maximum absolute atomic E-state index is 12.8. The van der Waals surface area contributed by atoms with E-state index in [1.807, 2.05) is 0 Å². The number of hydrogen-bond donors (Lipinski definition) is 2. The third-order valence-corrected chi connectivity index (χ3v) is 5.15. The van der Waals surface area contributed by atoms with Crippen molar-refractivity contribution >= 4 is 28.5 Å². The number of carboxylic acids is 1. The van der Waals surface area contributed by atoms with E-state index < -0.39 is 5.97 Å². The summed E-state index contributed by atoms with van der Waals surface area (Å²) in [4.78, 5) is 40.8. The number of hydrogen-bond acceptors (Lipinski definition) is 4. The van der Waals surface area contributed by atoms with Crippen molar-refractivity contribution in [1.82, 2.24) is 9.55 Å². The zero-order chi connectivity index (χ0) is 20.4. The van der Waals surface area contributed by atoms with E-state index >= 15 is 0 Å². The molecular weight excluding hydrogens is 370 g/mol. The summed E-state index contributed by atoms with van der Waals surface area (Å²) in [5, 5.41) is 12.1. The minimum Gasteiger partial charge on any atom is -0.481 e. The Bertz CT molecular complexity index is 1150. The molecule has 0 saturated heterocycles. The fraction of sp³-hybridized carbons (Fsp3) is 0.273. The van der Waals surface area contributed by atoms with E-state index in [1.165, 1.54) is 0 Å². The molecule has 0 unspecified atom stereocenters. The van der Waals surface area contributed by atoms with Crippen molar-refractivity contribution in [2.75, 3.05) is 5.32 Å². The molecule has 0 atom stereocenters. The average Bonchev–Trinajstić information content (AvgIpc) is 2.94. The molecular formula is C22H21N3O4. The summed E-state index contributed by atoms with van der Waals surface area (Å²) in [6.07, 6.45) is 3.77. The molecule has 2 aromatic carbocycles. The number of amides is 1. The molecule has 0 aliphatic carbocycles. The van der Waals surface area contributed by atoms with Crippen molar-refractivity contribution in [3.8, 4) is 0 Å². The summed E-state index contributed by atoms with van der Waals surface area (Å²) in [7, 11) is 0. The molecule has 148 valence electrons. The monoisotopic (exact) mass is 391 g/mol. The second kappa shape index (κ2) is 7.87. The molecule has 7 heteroatoms. The molecule has 0 radical (unpaired) electrons. The van der Waals surface area contributed by atoms with Crippen LogP contribution in [0.3, 0.4) is 0 Å². The Balaban J connectivity index is 1.59. The Labute approximate surface area is 167 Å². The normalized spacial score (nSPS) is 13.5. The summed E-state index contributed by atoms with van der Waals surface area (Å²) < 4.78 is 1.76. The maximum atomic E-state index is 12.8. The van der Waals surface area contributed by atoms with Gasteiger partial charge in [0.15, 0.2) is 0 Å². The van der Waals surface area contributed by atoms with Crippen LogP contribution < -0.4 is 10.9 Å². The van der Waals surface area contributed by atoms with Crippen LogP contribution in [0.4, 0.5) is 5.69 Å². The Morgan fingerprint density at radius 3 is 2.62 bits per heavy atom. The van der Waals surface area contributed by atoms with Crippen LogP contribution in [0.5, 0.6) is 0 Å². The van der Waals surface area contributed by atoms with E-state index in [9.17, 15) is 14.4 Å². The van der Waals surface area contributed by atoms with Crippen molar-refractivity contribution in [3.05, 3.63) is 69.8 Å². The van der Waals surface area contributed by atoms with Gasteiger partial charge in [-0.05, 0) is 48.7 Å². The number of fused-ring (bicyclic) bond motifs is 2. The fourth-order valence-corrected chi connectivity index (χ4v) is 3.64. The van der Waals surface area contributed by atoms with Gasteiger partial charge in [0.2, 0.25) is 0 Å². The molecule has 0 spiro atoms. The molecule has 1 aliphatic heterocycles. The van der Waals surface area contributed by atoms with Gasteiger partial charge in [0.25, 0.3) is 11.5 Å². The Morgan fingerprint density at radius 1 is 1.07 bits per heavy atom. The average molecular weight is 391 g/mol. The Kier molecular flexibility index (Phi) is 5.12. The lowest BCUT2D eigenvalue weighted by molar-refractivity contribution is -0.136. The van der Waals surface area contributed by atoms with Crippen molar-refractivity contribution < 1.29 is 14.7 Å². The summed E-state index contributed by atoms with van der Waals surface area (Å²) >= 11 is 0. The number of carboxylic acid groups (broad SMARTS) is 1. The first-order valence-corrected chi connectivity index (χ1v) is 9.67. The molecule has 0 bridgehead atoms. The second-order valence-electron chi connectivity index (χ2n) is 7.25. The highest BCUT2D eigenvalue weighted by Crippen LogP contribution is 2.18. The fourth-order valence-electron chi connectivity index (χ4n) is 3.64. The molecule has 7 nitrogen and oxygen atoms in total. The van der Waals surface area contributed by atoms with E-state index in [0.29, 0.717) is 34.3 Å². The van der Waals surface area contributed by atoms with Crippen LogP contribution in [-0.2, 0) is 24.2 Å². The van der Waals surface area contributed by atoms with Crippen molar-refractivity contribution in [1.29, 1.82) is 0 Å². The Hall–Kier alpha value is -3.48. The second-order valence-corrected chi connectivity index (χ2v) is 7.25. The van der Waals surface area contributed by atoms with Crippen LogP contribution in [0.15, 0.2) is 47.3 Å². The quantitative estimate of drug-likeness (QED) is 0.712. The number of nitrogens with one attached hydrogen (secondary N) is 1. The van der Waals surface area contributed by atoms with Crippen molar-refractivity contribution in [2.24, 2.45) is 0 Å². The zero-order valence-corrected chi connectivity index (χ0v) is 15.9. The number of anilines is 1. The van der Waals surface area contributed by atoms with Crippen LogP contribution in [0, 0.1) is 0 Å². The van der Waals surface area contributed by atoms with E-state index in [2.05, 4.69) is 10.3 Å². The smallest absolute Gasteiger partial charge is 0.307 e. The first-order chi connectivity index (χ1) is 14.0. The van der Waals surface area contributed by atoms with E-state index in [-0.39, 0.29) is 17.9 Å². The third-order valence-electron chi connectivity index (χ3n) is 5.15. The molecule has 2 heterocycles. The van der Waals surface area contributed by atoms with Gasteiger partial charge in [0.1, 0.15) is 5.82 Å². The first-order valence-electron chi connectivity index (χ1n) is 9.67. The molecule has 1 aliphatic rings. The van der Waals surface area contributed by atoms with Crippen LogP contribution in [-0.4, -0.2) is 26.5 Å². The number of rotatable bonds is 4. The number of carbonyl (C=O) groups excluding carboxylic acids is 1. The largest absolute Gasteiger partial charge is 0.481 e. The number of aryl methyl sites for hydroxylation is 1. The van der Waals surface area contributed by atoms with Crippen LogP contribution in [0.1, 0.15) is 41.0 Å². The van der Waals surface area contributed by atoms with Crippen molar-refractivity contribution in [2.45, 2.75) is 38.6 Å². The topological polar surface area (TPSA) is 101 Å². The lowest BCUT2D eigenvalue weighted by Gasteiger charge is -2.11. The standard InChI is InChI=1S/C22H21N3O4/c26-20(27)12-14-5-8-16(9-6-14)23-21(28)15-7-10-17-18(13-15)24-19-4-2-1-3-11-25(19)22(17)29/h5-10,13H,1-4,11-12H2,(H,23,28)(H,26,27). The lowest BCUT2D eigenvalue weighted by atomic mass is 10.1. The summed E-state index contributed by atoms with van der Waals surface area (Å²) in [5.74, 6) is -0.430. The van der Waals surface area contributed by atoms with Gasteiger partial charge < -0.3 is 10.4 Å². The summed E-state index contributed by atoms with van der Waals surface area (Å²) in [6.45, 7) is 0.692. The zero-order valence-electron chi connectivity index (χ0n) is 15.9. The van der Waals surface area contributed by atoms with Crippen molar-refractivity contribution in [3.63, 3.8) is 0 Å². The third kappa shape index (κ3) is 4.03. The molecule has 4 rings (SSSR count). The lowest BCUT2D eigenvalue weighted by Crippen LogP contribution is -2.24. The van der Waals surface area contributed by atoms with Gasteiger partial charge >= 0.3 is 5.97 Å². The number of aromatic nitrogens is 2. The minimum absolute atomic E-state index is 0.0483. The molecule has 2 N–H and O–H groups in total. The molecule has 3 aromatic rings. The first kappa shape index (κ1) is 18.9. The maximum Gasteiger partial charge on any atom is 0.307 e. The minimum atomic E-state index is -0.903. The van der Waals surface area contributed by atoms with Crippen LogP contribution in [0.25, 0.3) is 10.9 Å². The van der Waals surface area contributed by atoms with E-state index in [1.54, 1.807) is 47.0 Å². The van der Waals surface area contributed by atoms with Gasteiger partial charge in [-0.1, -0.05) is 18.6 Å².